The Balaban J connectivity index is 2.38. The van der Waals surface area contributed by atoms with Crippen molar-refractivity contribution in [1.29, 1.82) is 0 Å². The third kappa shape index (κ3) is 5.33. The lowest BCUT2D eigenvalue weighted by Gasteiger charge is -2.25. The van der Waals surface area contributed by atoms with Crippen LogP contribution in [0.5, 0.6) is 0 Å². The number of nitrogens with zero attached hydrogens (tertiary/aromatic N) is 1. The van der Waals surface area contributed by atoms with Gasteiger partial charge in [-0.3, -0.25) is 9.10 Å². The smallest absolute Gasteiger partial charge is 0.253 e. The number of carbonyl (C=O) groups excluding carboxylic acids is 1. The molecule has 6 heteroatoms. The number of amides is 1. The molecule has 1 amide bonds. The van der Waals surface area contributed by atoms with Crippen molar-refractivity contribution in [2.75, 3.05) is 10.6 Å². The lowest BCUT2D eigenvalue weighted by molar-refractivity contribution is 0.0939. The summed E-state index contributed by atoms with van der Waals surface area (Å²) >= 11 is 0. The Bertz CT molecular complexity index is 835. The first-order chi connectivity index (χ1) is 12.3. The summed E-state index contributed by atoms with van der Waals surface area (Å²) in [5.41, 5.74) is 1.60. The van der Waals surface area contributed by atoms with Crippen LogP contribution in [-0.4, -0.2) is 26.6 Å². The van der Waals surface area contributed by atoms with Gasteiger partial charge in [0.2, 0.25) is 10.0 Å². The lowest BCUT2D eigenvalue weighted by Crippen LogP contribution is -2.35. The van der Waals surface area contributed by atoms with Crippen molar-refractivity contribution < 1.29 is 13.2 Å². The third-order valence-electron chi connectivity index (χ3n) is 4.09. The molecule has 140 valence electrons. The zero-order valence-electron chi connectivity index (χ0n) is 15.5. The van der Waals surface area contributed by atoms with E-state index in [0.717, 1.165) is 24.7 Å². The molecule has 2 aromatic carbocycles. The molecule has 0 heterocycles. The predicted molar refractivity (Wildman–Crippen MR) is 106 cm³/mol. The maximum atomic E-state index is 12.7. The average Bonchev–Trinajstić information content (AvgIpc) is 2.60. The van der Waals surface area contributed by atoms with Gasteiger partial charge in [0.05, 0.1) is 24.1 Å². The Kier molecular flexibility index (Phi) is 6.80. The Labute approximate surface area is 156 Å². The number of para-hydroxylation sites is 1. The van der Waals surface area contributed by atoms with E-state index in [1.54, 1.807) is 24.3 Å². The van der Waals surface area contributed by atoms with Gasteiger partial charge in [-0.05, 0) is 31.0 Å². The van der Waals surface area contributed by atoms with Gasteiger partial charge in [0.1, 0.15) is 0 Å². The summed E-state index contributed by atoms with van der Waals surface area (Å²) in [5.74, 6) is -0.261. The molecular weight excluding hydrogens is 348 g/mol. The minimum Gasteiger partial charge on any atom is -0.350 e. The monoisotopic (exact) mass is 374 g/mol. The quantitative estimate of drug-likeness (QED) is 0.768. The molecule has 0 saturated heterocycles. The van der Waals surface area contributed by atoms with E-state index in [1.807, 2.05) is 37.3 Å². The molecule has 0 spiro atoms. The largest absolute Gasteiger partial charge is 0.350 e. The van der Waals surface area contributed by atoms with Gasteiger partial charge in [0.25, 0.3) is 5.91 Å². The summed E-state index contributed by atoms with van der Waals surface area (Å²) in [6.07, 6.45) is 2.99. The SMILES string of the molecule is CCC[C@@H](C)NC(=O)c1ccccc1N(Cc1ccccc1)S(C)(=O)=O. The summed E-state index contributed by atoms with van der Waals surface area (Å²) in [7, 11) is -3.56. The van der Waals surface area contributed by atoms with Gasteiger partial charge in [-0.2, -0.15) is 0 Å². The van der Waals surface area contributed by atoms with Crippen LogP contribution in [0.15, 0.2) is 54.6 Å². The predicted octanol–water partition coefficient (Wildman–Crippen LogP) is 3.57. The van der Waals surface area contributed by atoms with Crippen LogP contribution >= 0.6 is 0 Å². The van der Waals surface area contributed by atoms with Crippen molar-refractivity contribution in [3.8, 4) is 0 Å². The summed E-state index contributed by atoms with van der Waals surface area (Å²) < 4.78 is 26.1. The Morgan fingerprint density at radius 2 is 1.69 bits per heavy atom. The van der Waals surface area contributed by atoms with Gasteiger partial charge < -0.3 is 5.32 Å². The second kappa shape index (κ2) is 8.85. The van der Waals surface area contributed by atoms with Crippen molar-refractivity contribution in [3.63, 3.8) is 0 Å². The molecule has 0 aliphatic carbocycles. The van der Waals surface area contributed by atoms with Crippen LogP contribution in [0.25, 0.3) is 0 Å². The minimum absolute atomic E-state index is 0.0290. The molecule has 0 bridgehead atoms. The van der Waals surface area contributed by atoms with Crippen LogP contribution in [0.4, 0.5) is 5.69 Å². The summed E-state index contributed by atoms with van der Waals surface area (Å²) in [6.45, 7) is 4.18. The maximum absolute atomic E-state index is 12.7. The molecule has 0 unspecified atom stereocenters. The molecule has 0 saturated carbocycles. The topological polar surface area (TPSA) is 66.5 Å². The van der Waals surface area contributed by atoms with Crippen LogP contribution in [-0.2, 0) is 16.6 Å². The molecule has 0 radical (unpaired) electrons. The summed E-state index contributed by atoms with van der Waals surface area (Å²) in [5, 5.41) is 2.95. The van der Waals surface area contributed by atoms with Crippen molar-refractivity contribution in [3.05, 3.63) is 65.7 Å². The van der Waals surface area contributed by atoms with Gasteiger partial charge in [-0.1, -0.05) is 55.8 Å². The van der Waals surface area contributed by atoms with E-state index in [2.05, 4.69) is 12.2 Å². The first-order valence-electron chi connectivity index (χ1n) is 8.74. The number of hydrogen-bond donors (Lipinski definition) is 1. The zero-order chi connectivity index (χ0) is 19.2. The van der Waals surface area contributed by atoms with E-state index in [1.165, 1.54) is 4.31 Å². The van der Waals surface area contributed by atoms with Crippen LogP contribution in [0.3, 0.4) is 0 Å². The standard InChI is InChI=1S/C20H26N2O3S/c1-4-10-16(2)21-20(23)18-13-8-9-14-19(18)22(26(3,24)25)15-17-11-6-5-7-12-17/h5-9,11-14,16H,4,10,15H2,1-3H3,(H,21,23)/t16-/m1/s1. The van der Waals surface area contributed by atoms with Crippen molar-refractivity contribution in [1.82, 2.24) is 5.32 Å². The third-order valence-corrected chi connectivity index (χ3v) is 5.21. The van der Waals surface area contributed by atoms with Gasteiger partial charge in [0.15, 0.2) is 0 Å². The summed E-state index contributed by atoms with van der Waals surface area (Å²) in [4.78, 5) is 12.7. The van der Waals surface area contributed by atoms with Crippen LogP contribution < -0.4 is 9.62 Å². The van der Waals surface area contributed by atoms with E-state index >= 15 is 0 Å². The number of nitrogens with one attached hydrogen (secondary N) is 1. The van der Waals surface area contributed by atoms with E-state index in [0.29, 0.717) is 11.3 Å². The Morgan fingerprint density at radius 1 is 1.08 bits per heavy atom. The molecule has 26 heavy (non-hydrogen) atoms. The highest BCUT2D eigenvalue weighted by Gasteiger charge is 2.23. The molecule has 1 N–H and O–H groups in total. The molecule has 0 fully saturated rings. The fourth-order valence-electron chi connectivity index (χ4n) is 2.82. The molecule has 2 rings (SSSR count). The van der Waals surface area contributed by atoms with Gasteiger partial charge >= 0.3 is 0 Å². The summed E-state index contributed by atoms with van der Waals surface area (Å²) in [6, 6.07) is 16.2. The number of carbonyl (C=O) groups is 1. The van der Waals surface area contributed by atoms with E-state index in [-0.39, 0.29) is 18.5 Å². The fraction of sp³-hybridized carbons (Fsp3) is 0.350. The molecule has 5 nitrogen and oxygen atoms in total. The normalized spacial score (nSPS) is 12.4. The van der Waals surface area contributed by atoms with Gasteiger partial charge in [-0.15, -0.1) is 0 Å². The fourth-order valence-corrected chi connectivity index (χ4v) is 3.72. The van der Waals surface area contributed by atoms with Gasteiger partial charge in [-0.25, -0.2) is 8.42 Å². The first kappa shape index (κ1) is 20.0. The van der Waals surface area contributed by atoms with Crippen LogP contribution in [0, 0.1) is 0 Å². The highest BCUT2D eigenvalue weighted by Crippen LogP contribution is 2.25. The highest BCUT2D eigenvalue weighted by atomic mass is 32.2. The van der Waals surface area contributed by atoms with E-state index in [9.17, 15) is 13.2 Å². The molecule has 0 aromatic heterocycles. The molecule has 0 aliphatic rings. The maximum Gasteiger partial charge on any atom is 0.253 e. The molecule has 2 aromatic rings. The molecule has 1 atom stereocenters. The lowest BCUT2D eigenvalue weighted by atomic mass is 10.1. The van der Waals surface area contributed by atoms with Crippen molar-refractivity contribution >= 4 is 21.6 Å². The van der Waals surface area contributed by atoms with Gasteiger partial charge in [0, 0.05) is 6.04 Å². The molecular formula is C20H26N2O3S. The average molecular weight is 375 g/mol. The van der Waals surface area contributed by atoms with Crippen LogP contribution in [0.1, 0.15) is 42.6 Å². The zero-order valence-corrected chi connectivity index (χ0v) is 16.3. The molecule has 0 aliphatic heterocycles. The van der Waals surface area contributed by atoms with E-state index in [4.69, 9.17) is 0 Å². The van der Waals surface area contributed by atoms with Crippen molar-refractivity contribution in [2.45, 2.75) is 39.3 Å². The van der Waals surface area contributed by atoms with Crippen molar-refractivity contribution in [2.24, 2.45) is 0 Å². The number of hydrogen-bond acceptors (Lipinski definition) is 3. The number of anilines is 1. The second-order valence-electron chi connectivity index (χ2n) is 6.44. The van der Waals surface area contributed by atoms with E-state index < -0.39 is 10.0 Å². The first-order valence-corrected chi connectivity index (χ1v) is 10.6. The highest BCUT2D eigenvalue weighted by molar-refractivity contribution is 7.92. The number of sulfonamides is 1. The number of rotatable bonds is 8. The Morgan fingerprint density at radius 3 is 2.31 bits per heavy atom. The number of benzene rings is 2. The second-order valence-corrected chi connectivity index (χ2v) is 8.34. The van der Waals surface area contributed by atoms with Crippen LogP contribution in [0.2, 0.25) is 0 Å². The Hall–Kier alpha value is -2.34. The minimum atomic E-state index is -3.56.